The number of halogens is 1. The number of aliphatic hydroxyl groups is 1. The molecule has 17 heavy (non-hydrogen) atoms. The third-order valence-corrected chi connectivity index (χ3v) is 1.79. The van der Waals surface area contributed by atoms with Gasteiger partial charge in [0.1, 0.15) is 11.5 Å². The summed E-state index contributed by atoms with van der Waals surface area (Å²) in [6, 6.07) is 1.13. The minimum absolute atomic E-state index is 0.163. The van der Waals surface area contributed by atoms with E-state index in [-0.39, 0.29) is 11.3 Å². The Balaban J connectivity index is 0.00000121. The molecule has 0 aliphatic carbocycles. The molecule has 1 N–H and O–H groups in total. The summed E-state index contributed by atoms with van der Waals surface area (Å²) >= 11 is 0. The molecule has 0 aliphatic rings. The van der Waals surface area contributed by atoms with Crippen molar-refractivity contribution in [2.75, 3.05) is 7.11 Å². The molecule has 1 rings (SSSR count). The van der Waals surface area contributed by atoms with Gasteiger partial charge in [0.2, 0.25) is 0 Å². The summed E-state index contributed by atoms with van der Waals surface area (Å²) in [5, 5.41) is 7.00. The van der Waals surface area contributed by atoms with E-state index in [0.717, 1.165) is 13.2 Å². The average molecular weight is 235 g/mol. The van der Waals surface area contributed by atoms with E-state index in [9.17, 15) is 9.18 Å². The standard InChI is InChI=1S/C12H10FNO.CH4O/c1-3-5-10(4-2)12-11(13)6-9(8-15)7-14-12;1-2/h3-8H,1-2H2;2H,1H3/b10-5+;. The summed E-state index contributed by atoms with van der Waals surface area (Å²) in [4.78, 5) is 14.2. The van der Waals surface area contributed by atoms with E-state index >= 15 is 0 Å². The minimum atomic E-state index is -0.549. The van der Waals surface area contributed by atoms with Crippen LogP contribution in [-0.2, 0) is 0 Å². The van der Waals surface area contributed by atoms with Gasteiger partial charge in [-0.1, -0.05) is 31.4 Å². The van der Waals surface area contributed by atoms with Crippen molar-refractivity contribution in [3.05, 3.63) is 60.7 Å². The maximum atomic E-state index is 13.5. The first-order valence-electron chi connectivity index (χ1n) is 4.74. The van der Waals surface area contributed by atoms with Crippen molar-refractivity contribution >= 4 is 11.9 Å². The zero-order valence-corrected chi connectivity index (χ0v) is 9.56. The molecule has 90 valence electrons. The normalized spacial score (nSPS) is 9.94. The number of hydrogen-bond donors (Lipinski definition) is 1. The van der Waals surface area contributed by atoms with Crippen molar-refractivity contribution in [1.82, 2.24) is 4.98 Å². The molecule has 0 spiro atoms. The molecule has 0 unspecified atom stereocenters. The van der Waals surface area contributed by atoms with Crippen LogP contribution >= 0.6 is 0 Å². The van der Waals surface area contributed by atoms with Gasteiger partial charge in [-0.3, -0.25) is 9.78 Å². The number of allylic oxidation sites excluding steroid dienone is 4. The van der Waals surface area contributed by atoms with Crippen molar-refractivity contribution in [2.45, 2.75) is 0 Å². The lowest BCUT2D eigenvalue weighted by Gasteiger charge is -2.02. The number of aliphatic hydroxyl groups excluding tert-OH is 1. The molecule has 0 amide bonds. The van der Waals surface area contributed by atoms with Gasteiger partial charge >= 0.3 is 0 Å². The van der Waals surface area contributed by atoms with Gasteiger partial charge in [-0.15, -0.1) is 0 Å². The molecule has 0 radical (unpaired) electrons. The maximum Gasteiger partial charge on any atom is 0.151 e. The fourth-order valence-electron chi connectivity index (χ4n) is 1.10. The van der Waals surface area contributed by atoms with Crippen LogP contribution in [0.5, 0.6) is 0 Å². The molecule has 0 aliphatic heterocycles. The number of aldehydes is 1. The second-order valence-corrected chi connectivity index (χ2v) is 2.78. The number of hydrogen-bond acceptors (Lipinski definition) is 3. The van der Waals surface area contributed by atoms with Gasteiger partial charge in [0.25, 0.3) is 0 Å². The summed E-state index contributed by atoms with van der Waals surface area (Å²) in [5.41, 5.74) is 0.897. The van der Waals surface area contributed by atoms with Crippen LogP contribution in [0.2, 0.25) is 0 Å². The van der Waals surface area contributed by atoms with E-state index in [1.54, 1.807) is 6.08 Å². The Labute approximate surface area is 99.6 Å². The van der Waals surface area contributed by atoms with E-state index in [4.69, 9.17) is 5.11 Å². The van der Waals surface area contributed by atoms with Crippen LogP contribution in [-0.4, -0.2) is 23.5 Å². The first kappa shape index (κ1) is 14.9. The highest BCUT2D eigenvalue weighted by Gasteiger charge is 2.07. The van der Waals surface area contributed by atoms with Crippen LogP contribution in [0.15, 0.2) is 43.6 Å². The van der Waals surface area contributed by atoms with E-state index < -0.39 is 5.82 Å². The summed E-state index contributed by atoms with van der Waals surface area (Å²) in [7, 11) is 1.00. The minimum Gasteiger partial charge on any atom is -0.400 e. The van der Waals surface area contributed by atoms with Crippen LogP contribution in [0.25, 0.3) is 5.57 Å². The van der Waals surface area contributed by atoms with Gasteiger partial charge in [-0.05, 0) is 6.07 Å². The Morgan fingerprint density at radius 1 is 1.47 bits per heavy atom. The number of nitrogens with zero attached hydrogens (tertiary/aromatic N) is 1. The molecule has 0 saturated heterocycles. The summed E-state index contributed by atoms with van der Waals surface area (Å²) in [6.07, 6.45) is 6.45. The topological polar surface area (TPSA) is 50.2 Å². The number of aromatic nitrogens is 1. The summed E-state index contributed by atoms with van der Waals surface area (Å²) in [5.74, 6) is -0.549. The van der Waals surface area contributed by atoms with Crippen molar-refractivity contribution in [1.29, 1.82) is 0 Å². The molecule has 0 aromatic carbocycles. The lowest BCUT2D eigenvalue weighted by atomic mass is 10.1. The fraction of sp³-hybridized carbons (Fsp3) is 0.0769. The highest BCUT2D eigenvalue weighted by atomic mass is 19.1. The van der Waals surface area contributed by atoms with Crippen molar-refractivity contribution in [3.63, 3.8) is 0 Å². The smallest absolute Gasteiger partial charge is 0.151 e. The van der Waals surface area contributed by atoms with Gasteiger partial charge in [-0.2, -0.15) is 0 Å². The first-order chi connectivity index (χ1) is 8.22. The zero-order valence-electron chi connectivity index (χ0n) is 9.56. The highest BCUT2D eigenvalue weighted by molar-refractivity contribution is 5.77. The molecule has 1 heterocycles. The molecule has 4 heteroatoms. The third-order valence-electron chi connectivity index (χ3n) is 1.79. The average Bonchev–Trinajstić information content (AvgIpc) is 2.38. The predicted molar refractivity (Wildman–Crippen MR) is 66.1 cm³/mol. The Morgan fingerprint density at radius 3 is 2.53 bits per heavy atom. The maximum absolute atomic E-state index is 13.5. The van der Waals surface area contributed by atoms with Gasteiger partial charge in [0.15, 0.2) is 6.29 Å². The number of rotatable bonds is 4. The molecule has 1 aromatic rings. The Hall–Kier alpha value is -2.07. The van der Waals surface area contributed by atoms with E-state index in [2.05, 4.69) is 18.1 Å². The van der Waals surface area contributed by atoms with Gasteiger partial charge < -0.3 is 5.11 Å². The highest BCUT2D eigenvalue weighted by Crippen LogP contribution is 2.17. The Kier molecular flexibility index (Phi) is 7.14. The summed E-state index contributed by atoms with van der Waals surface area (Å²) < 4.78 is 13.5. The number of pyridine rings is 1. The second kappa shape index (κ2) is 8.13. The molecule has 0 atom stereocenters. The Bertz CT molecular complexity index is 439. The lowest BCUT2D eigenvalue weighted by molar-refractivity contribution is 0.112. The zero-order chi connectivity index (χ0) is 13.3. The molecular weight excluding hydrogens is 221 g/mol. The first-order valence-corrected chi connectivity index (χ1v) is 4.74. The third kappa shape index (κ3) is 4.12. The van der Waals surface area contributed by atoms with E-state index in [1.165, 1.54) is 18.3 Å². The second-order valence-electron chi connectivity index (χ2n) is 2.78. The monoisotopic (exact) mass is 235 g/mol. The number of carbonyl (C=O) groups excluding carboxylic acids is 1. The van der Waals surface area contributed by atoms with Gasteiger partial charge in [0, 0.05) is 24.4 Å². The lowest BCUT2D eigenvalue weighted by Crippen LogP contribution is -1.95. The van der Waals surface area contributed by atoms with Crippen LogP contribution < -0.4 is 0 Å². The van der Waals surface area contributed by atoms with Crippen molar-refractivity contribution in [2.24, 2.45) is 0 Å². The molecule has 0 fully saturated rings. The number of carbonyl (C=O) groups is 1. The van der Waals surface area contributed by atoms with Crippen LogP contribution in [0.3, 0.4) is 0 Å². The molecule has 0 bridgehead atoms. The van der Waals surface area contributed by atoms with E-state index in [0.29, 0.717) is 11.9 Å². The SMILES string of the molecule is C=C/C=C(\C=C)c1ncc(C=O)cc1F.CO. The quantitative estimate of drug-likeness (QED) is 0.644. The molecule has 1 aromatic heterocycles. The molecule has 0 saturated carbocycles. The van der Waals surface area contributed by atoms with Gasteiger partial charge in [-0.25, -0.2) is 4.39 Å². The van der Waals surface area contributed by atoms with Crippen molar-refractivity contribution in [3.8, 4) is 0 Å². The largest absolute Gasteiger partial charge is 0.400 e. The Morgan fingerprint density at radius 2 is 2.12 bits per heavy atom. The summed E-state index contributed by atoms with van der Waals surface area (Å²) in [6.45, 7) is 7.05. The van der Waals surface area contributed by atoms with Crippen LogP contribution in [0.1, 0.15) is 16.1 Å². The van der Waals surface area contributed by atoms with Crippen LogP contribution in [0.4, 0.5) is 4.39 Å². The molecular formula is C13H14FNO2. The predicted octanol–water partition coefficient (Wildman–Crippen LogP) is 2.40. The van der Waals surface area contributed by atoms with Crippen molar-refractivity contribution < 1.29 is 14.3 Å². The van der Waals surface area contributed by atoms with Gasteiger partial charge in [0.05, 0.1) is 0 Å². The molecule has 3 nitrogen and oxygen atoms in total. The fourth-order valence-corrected chi connectivity index (χ4v) is 1.10. The van der Waals surface area contributed by atoms with E-state index in [1.807, 2.05) is 0 Å². The van der Waals surface area contributed by atoms with Crippen LogP contribution in [0, 0.1) is 5.82 Å².